The first kappa shape index (κ1) is 11.0. The Balaban J connectivity index is 3.20. The van der Waals surface area contributed by atoms with Crippen molar-refractivity contribution < 1.29 is 14.3 Å². The van der Waals surface area contributed by atoms with Crippen LogP contribution in [0.15, 0.2) is 16.6 Å². The Kier molecular flexibility index (Phi) is 3.52. The summed E-state index contributed by atoms with van der Waals surface area (Å²) in [7, 11) is 2.95. The molecular formula is C10H11BrO3. The van der Waals surface area contributed by atoms with Gasteiger partial charge in [0.1, 0.15) is 5.75 Å². The number of hydrogen-bond donors (Lipinski definition) is 0. The third kappa shape index (κ3) is 2.07. The molecule has 0 heterocycles. The summed E-state index contributed by atoms with van der Waals surface area (Å²) in [6.45, 7) is 1.87. The van der Waals surface area contributed by atoms with Gasteiger partial charge in [-0.2, -0.15) is 0 Å². The quantitative estimate of drug-likeness (QED) is 0.765. The van der Waals surface area contributed by atoms with Gasteiger partial charge in [0.05, 0.1) is 24.3 Å². The second-order valence-electron chi connectivity index (χ2n) is 2.80. The number of benzene rings is 1. The van der Waals surface area contributed by atoms with Crippen LogP contribution in [0.3, 0.4) is 0 Å². The number of hydrogen-bond acceptors (Lipinski definition) is 3. The van der Waals surface area contributed by atoms with Gasteiger partial charge in [0, 0.05) is 0 Å². The molecular weight excluding hydrogens is 248 g/mol. The van der Waals surface area contributed by atoms with E-state index >= 15 is 0 Å². The molecule has 0 aliphatic rings. The van der Waals surface area contributed by atoms with Crippen LogP contribution in [-0.2, 0) is 4.74 Å². The zero-order valence-electron chi connectivity index (χ0n) is 8.26. The molecule has 4 heteroatoms. The lowest BCUT2D eigenvalue weighted by Gasteiger charge is -2.08. The minimum atomic E-state index is -0.351. The van der Waals surface area contributed by atoms with E-state index in [1.165, 1.54) is 7.11 Å². The highest BCUT2D eigenvalue weighted by Crippen LogP contribution is 2.30. The molecule has 0 unspecified atom stereocenters. The van der Waals surface area contributed by atoms with Crippen LogP contribution >= 0.6 is 15.9 Å². The molecule has 0 saturated carbocycles. The highest BCUT2D eigenvalue weighted by atomic mass is 79.9. The van der Waals surface area contributed by atoms with Gasteiger partial charge in [-0.25, -0.2) is 4.79 Å². The van der Waals surface area contributed by atoms with Crippen molar-refractivity contribution >= 4 is 21.9 Å². The van der Waals surface area contributed by atoms with Crippen molar-refractivity contribution in [2.45, 2.75) is 6.92 Å². The van der Waals surface area contributed by atoms with Gasteiger partial charge in [-0.15, -0.1) is 0 Å². The summed E-state index contributed by atoms with van der Waals surface area (Å²) >= 11 is 3.32. The van der Waals surface area contributed by atoms with E-state index in [0.717, 1.165) is 15.8 Å². The average Bonchev–Trinajstić information content (AvgIpc) is 2.16. The molecule has 3 nitrogen and oxygen atoms in total. The molecule has 0 aromatic heterocycles. The molecule has 0 spiro atoms. The number of methoxy groups -OCH3 is 2. The second kappa shape index (κ2) is 4.46. The van der Waals surface area contributed by atoms with Crippen molar-refractivity contribution in [2.24, 2.45) is 0 Å². The zero-order chi connectivity index (χ0) is 10.7. The minimum Gasteiger partial charge on any atom is -0.495 e. The Hall–Kier alpha value is -1.03. The van der Waals surface area contributed by atoms with Crippen LogP contribution in [-0.4, -0.2) is 20.2 Å². The molecule has 14 heavy (non-hydrogen) atoms. The van der Waals surface area contributed by atoms with E-state index in [9.17, 15) is 4.79 Å². The third-order valence-electron chi connectivity index (χ3n) is 1.85. The van der Waals surface area contributed by atoms with Crippen LogP contribution in [0.2, 0.25) is 0 Å². The molecule has 1 aromatic rings. The van der Waals surface area contributed by atoms with E-state index in [1.807, 2.05) is 6.92 Å². The van der Waals surface area contributed by atoms with Crippen molar-refractivity contribution in [2.75, 3.05) is 14.2 Å². The first-order valence-corrected chi connectivity index (χ1v) is 4.82. The lowest BCUT2D eigenvalue weighted by atomic mass is 10.1. The lowest BCUT2D eigenvalue weighted by molar-refractivity contribution is 0.0600. The Bertz CT molecular complexity index is 337. The number of rotatable bonds is 2. The van der Waals surface area contributed by atoms with Gasteiger partial charge in [-0.05, 0) is 40.5 Å². The topological polar surface area (TPSA) is 35.5 Å². The number of carbonyl (C=O) groups is 1. The zero-order valence-corrected chi connectivity index (χ0v) is 9.84. The molecule has 0 aliphatic heterocycles. The maximum Gasteiger partial charge on any atom is 0.337 e. The van der Waals surface area contributed by atoms with Gasteiger partial charge in [0.25, 0.3) is 0 Å². The summed E-state index contributed by atoms with van der Waals surface area (Å²) in [5.41, 5.74) is 1.40. The smallest absolute Gasteiger partial charge is 0.337 e. The minimum absolute atomic E-state index is 0.351. The van der Waals surface area contributed by atoms with Gasteiger partial charge in [0.15, 0.2) is 0 Å². The molecule has 76 valence electrons. The molecule has 0 saturated heterocycles. The molecule has 0 fully saturated rings. The van der Waals surface area contributed by atoms with Crippen LogP contribution in [0.25, 0.3) is 0 Å². The Morgan fingerprint density at radius 3 is 2.43 bits per heavy atom. The van der Waals surface area contributed by atoms with Crippen LogP contribution in [0, 0.1) is 6.92 Å². The summed E-state index contributed by atoms with van der Waals surface area (Å²) in [5.74, 6) is 0.383. The van der Waals surface area contributed by atoms with Gasteiger partial charge in [0.2, 0.25) is 0 Å². The van der Waals surface area contributed by atoms with Gasteiger partial charge >= 0.3 is 5.97 Å². The third-order valence-corrected chi connectivity index (χ3v) is 2.44. The molecule has 0 atom stereocenters. The number of ether oxygens (including phenoxy) is 2. The Morgan fingerprint density at radius 2 is 2.00 bits per heavy atom. The van der Waals surface area contributed by atoms with Crippen LogP contribution in [0.1, 0.15) is 15.9 Å². The predicted octanol–water partition coefficient (Wildman–Crippen LogP) is 2.55. The fourth-order valence-corrected chi connectivity index (χ4v) is 1.95. The molecule has 1 aromatic carbocycles. The van der Waals surface area contributed by atoms with E-state index in [1.54, 1.807) is 19.2 Å². The van der Waals surface area contributed by atoms with Gasteiger partial charge in [-0.3, -0.25) is 0 Å². The standard InChI is InChI=1S/C10H11BrO3/c1-6-4-7(10(12)14-3)5-8(11)9(6)13-2/h4-5H,1-3H3. The van der Waals surface area contributed by atoms with Crippen molar-refractivity contribution in [1.82, 2.24) is 0 Å². The molecule has 1 rings (SSSR count). The summed E-state index contributed by atoms with van der Waals surface area (Å²) < 4.78 is 10.5. The fraction of sp³-hybridized carbons (Fsp3) is 0.300. The number of esters is 1. The molecule has 0 bridgehead atoms. The SMILES string of the molecule is COC(=O)c1cc(C)c(OC)c(Br)c1. The van der Waals surface area contributed by atoms with Crippen LogP contribution < -0.4 is 4.74 Å². The van der Waals surface area contributed by atoms with E-state index in [0.29, 0.717) is 5.56 Å². The van der Waals surface area contributed by atoms with Crippen LogP contribution in [0.4, 0.5) is 0 Å². The molecule has 0 N–H and O–H groups in total. The first-order chi connectivity index (χ1) is 6.60. The lowest BCUT2D eigenvalue weighted by Crippen LogP contribution is -2.02. The monoisotopic (exact) mass is 258 g/mol. The summed E-state index contributed by atoms with van der Waals surface area (Å²) in [4.78, 5) is 11.2. The molecule has 0 radical (unpaired) electrons. The summed E-state index contributed by atoms with van der Waals surface area (Å²) in [5, 5.41) is 0. The van der Waals surface area contributed by atoms with E-state index in [4.69, 9.17) is 4.74 Å². The Labute approximate surface area is 91.1 Å². The second-order valence-corrected chi connectivity index (χ2v) is 3.65. The van der Waals surface area contributed by atoms with Crippen molar-refractivity contribution in [3.8, 4) is 5.75 Å². The van der Waals surface area contributed by atoms with Gasteiger partial charge in [-0.1, -0.05) is 0 Å². The van der Waals surface area contributed by atoms with E-state index in [-0.39, 0.29) is 5.97 Å². The van der Waals surface area contributed by atoms with E-state index in [2.05, 4.69) is 20.7 Å². The number of aryl methyl sites for hydroxylation is 1. The predicted molar refractivity (Wildman–Crippen MR) is 56.8 cm³/mol. The number of halogens is 1. The van der Waals surface area contributed by atoms with Crippen LogP contribution in [0.5, 0.6) is 5.75 Å². The molecule has 0 amide bonds. The molecule has 0 aliphatic carbocycles. The highest BCUT2D eigenvalue weighted by Gasteiger charge is 2.11. The van der Waals surface area contributed by atoms with Gasteiger partial charge < -0.3 is 9.47 Å². The average molecular weight is 259 g/mol. The largest absolute Gasteiger partial charge is 0.495 e. The normalized spacial score (nSPS) is 9.71. The van der Waals surface area contributed by atoms with Crippen molar-refractivity contribution in [3.63, 3.8) is 0 Å². The fourth-order valence-electron chi connectivity index (χ4n) is 1.23. The maximum atomic E-state index is 11.2. The maximum absolute atomic E-state index is 11.2. The first-order valence-electron chi connectivity index (χ1n) is 4.02. The Morgan fingerprint density at radius 1 is 1.36 bits per heavy atom. The van der Waals surface area contributed by atoms with E-state index < -0.39 is 0 Å². The van der Waals surface area contributed by atoms with Crippen molar-refractivity contribution in [3.05, 3.63) is 27.7 Å². The van der Waals surface area contributed by atoms with Crippen molar-refractivity contribution in [1.29, 1.82) is 0 Å². The highest BCUT2D eigenvalue weighted by molar-refractivity contribution is 9.10. The number of carbonyl (C=O) groups excluding carboxylic acids is 1. The summed E-state index contributed by atoms with van der Waals surface area (Å²) in [6, 6.07) is 3.41. The summed E-state index contributed by atoms with van der Waals surface area (Å²) in [6.07, 6.45) is 0.